The van der Waals surface area contributed by atoms with E-state index in [0.717, 1.165) is 4.90 Å². The Kier molecular flexibility index (Phi) is 2.78. The SMILES string of the molecule is Cc1nc2ccccc2c2c1C(=O)N(c1ccc(F)cc1)C2=O. The summed E-state index contributed by atoms with van der Waals surface area (Å²) in [5, 5.41) is 0.649. The quantitative estimate of drug-likeness (QED) is 0.647. The molecule has 2 amide bonds. The maximum Gasteiger partial charge on any atom is 0.268 e. The molecule has 1 aromatic heterocycles. The van der Waals surface area contributed by atoms with E-state index in [2.05, 4.69) is 4.98 Å². The Bertz CT molecular complexity index is 980. The van der Waals surface area contributed by atoms with Crippen molar-refractivity contribution in [3.05, 3.63) is 71.2 Å². The van der Waals surface area contributed by atoms with Crippen molar-refractivity contribution in [3.8, 4) is 0 Å². The molecule has 0 bridgehead atoms. The number of aromatic nitrogens is 1. The third kappa shape index (κ3) is 1.86. The number of aryl methyl sites for hydroxylation is 1. The third-order valence-corrected chi connectivity index (χ3v) is 3.99. The first kappa shape index (κ1) is 13.6. The van der Waals surface area contributed by atoms with Crippen LogP contribution in [0.15, 0.2) is 48.5 Å². The van der Waals surface area contributed by atoms with E-state index >= 15 is 0 Å². The second kappa shape index (κ2) is 4.71. The summed E-state index contributed by atoms with van der Waals surface area (Å²) in [6, 6.07) is 12.5. The topological polar surface area (TPSA) is 50.3 Å². The van der Waals surface area contributed by atoms with Crippen LogP contribution in [-0.2, 0) is 0 Å². The first-order valence-corrected chi connectivity index (χ1v) is 7.11. The molecule has 1 aliphatic rings. The largest absolute Gasteiger partial charge is 0.268 e. The van der Waals surface area contributed by atoms with Gasteiger partial charge in [-0.25, -0.2) is 9.29 Å². The van der Waals surface area contributed by atoms with Gasteiger partial charge >= 0.3 is 0 Å². The fourth-order valence-electron chi connectivity index (χ4n) is 2.96. The molecule has 0 unspecified atom stereocenters. The average Bonchev–Trinajstić information content (AvgIpc) is 2.81. The van der Waals surface area contributed by atoms with Gasteiger partial charge in [0.25, 0.3) is 11.8 Å². The van der Waals surface area contributed by atoms with Crippen molar-refractivity contribution in [1.29, 1.82) is 0 Å². The standard InChI is InChI=1S/C18H11FN2O2/c1-10-15-16(13-4-2-3-5-14(13)20-10)18(23)21(17(15)22)12-8-6-11(19)7-9-12/h2-9H,1H3. The van der Waals surface area contributed by atoms with Crippen LogP contribution >= 0.6 is 0 Å². The summed E-state index contributed by atoms with van der Waals surface area (Å²) in [6.45, 7) is 1.71. The van der Waals surface area contributed by atoms with Crippen molar-refractivity contribution < 1.29 is 14.0 Å². The van der Waals surface area contributed by atoms with E-state index in [-0.39, 0.29) is 0 Å². The third-order valence-electron chi connectivity index (χ3n) is 3.99. The van der Waals surface area contributed by atoms with Crippen LogP contribution in [0.1, 0.15) is 26.4 Å². The Morgan fingerprint density at radius 2 is 1.57 bits per heavy atom. The zero-order valence-corrected chi connectivity index (χ0v) is 12.2. The molecule has 0 spiro atoms. The van der Waals surface area contributed by atoms with Crippen molar-refractivity contribution in [2.45, 2.75) is 6.92 Å². The van der Waals surface area contributed by atoms with Gasteiger partial charge < -0.3 is 0 Å². The predicted octanol–water partition coefficient (Wildman–Crippen LogP) is 3.48. The van der Waals surface area contributed by atoms with Crippen molar-refractivity contribution in [2.75, 3.05) is 4.90 Å². The van der Waals surface area contributed by atoms with Gasteiger partial charge in [0.15, 0.2) is 0 Å². The Hall–Kier alpha value is -3.08. The minimum absolute atomic E-state index is 0.318. The average molecular weight is 306 g/mol. The Labute approximate surface area is 131 Å². The Morgan fingerprint density at radius 3 is 2.30 bits per heavy atom. The maximum absolute atomic E-state index is 13.1. The van der Waals surface area contributed by atoms with Crippen LogP contribution in [0, 0.1) is 12.7 Å². The zero-order chi connectivity index (χ0) is 16.1. The van der Waals surface area contributed by atoms with Gasteiger partial charge in [0.1, 0.15) is 5.82 Å². The van der Waals surface area contributed by atoms with Crippen molar-refractivity contribution in [1.82, 2.24) is 4.98 Å². The number of carbonyl (C=O) groups is 2. The van der Waals surface area contributed by atoms with Gasteiger partial charge in [-0.3, -0.25) is 14.6 Å². The molecule has 0 saturated heterocycles. The zero-order valence-electron chi connectivity index (χ0n) is 12.2. The molecule has 0 atom stereocenters. The highest BCUT2D eigenvalue weighted by Crippen LogP contribution is 2.34. The highest BCUT2D eigenvalue weighted by atomic mass is 19.1. The number of nitrogens with zero attached hydrogens (tertiary/aromatic N) is 2. The van der Waals surface area contributed by atoms with E-state index in [1.165, 1.54) is 24.3 Å². The molecule has 0 N–H and O–H groups in total. The van der Waals surface area contributed by atoms with Crippen molar-refractivity contribution in [2.24, 2.45) is 0 Å². The molecular formula is C18H11FN2O2. The van der Waals surface area contributed by atoms with Gasteiger partial charge in [-0.15, -0.1) is 0 Å². The number of halogens is 1. The van der Waals surface area contributed by atoms with Gasteiger partial charge in [-0.1, -0.05) is 18.2 Å². The molecule has 0 saturated carbocycles. The number of rotatable bonds is 1. The molecular weight excluding hydrogens is 295 g/mol. The van der Waals surface area contributed by atoms with Crippen molar-refractivity contribution >= 4 is 28.4 Å². The molecule has 4 nitrogen and oxygen atoms in total. The molecule has 2 heterocycles. The van der Waals surface area contributed by atoms with E-state index in [0.29, 0.717) is 33.4 Å². The number of carbonyl (C=O) groups excluding carboxylic acids is 2. The van der Waals surface area contributed by atoms with E-state index < -0.39 is 17.6 Å². The lowest BCUT2D eigenvalue weighted by Crippen LogP contribution is -2.29. The van der Waals surface area contributed by atoms with Crippen LogP contribution in [0.4, 0.5) is 10.1 Å². The molecule has 0 fully saturated rings. The Morgan fingerprint density at radius 1 is 0.913 bits per heavy atom. The number of amides is 2. The van der Waals surface area contributed by atoms with Gasteiger partial charge in [0.05, 0.1) is 28.0 Å². The van der Waals surface area contributed by atoms with Crippen LogP contribution in [-0.4, -0.2) is 16.8 Å². The van der Waals surface area contributed by atoms with E-state index in [1.807, 2.05) is 6.07 Å². The maximum atomic E-state index is 13.1. The predicted molar refractivity (Wildman–Crippen MR) is 84.0 cm³/mol. The number of para-hydroxylation sites is 1. The molecule has 112 valence electrons. The number of pyridine rings is 1. The minimum Gasteiger partial charge on any atom is -0.268 e. The summed E-state index contributed by atoms with van der Waals surface area (Å²) in [7, 11) is 0. The molecule has 1 aliphatic heterocycles. The highest BCUT2D eigenvalue weighted by molar-refractivity contribution is 6.37. The molecule has 3 aromatic rings. The van der Waals surface area contributed by atoms with Gasteiger partial charge in [0, 0.05) is 5.39 Å². The first-order chi connectivity index (χ1) is 11.1. The van der Waals surface area contributed by atoms with Crippen LogP contribution in [0.3, 0.4) is 0 Å². The number of anilines is 1. The fraction of sp³-hybridized carbons (Fsp3) is 0.0556. The monoisotopic (exact) mass is 306 g/mol. The van der Waals surface area contributed by atoms with Crippen molar-refractivity contribution in [3.63, 3.8) is 0 Å². The summed E-state index contributed by atoms with van der Waals surface area (Å²) in [6.07, 6.45) is 0. The minimum atomic E-state index is -0.424. The van der Waals surface area contributed by atoms with Crippen LogP contribution < -0.4 is 4.90 Å². The van der Waals surface area contributed by atoms with Crippen LogP contribution in [0.25, 0.3) is 10.9 Å². The second-order valence-corrected chi connectivity index (χ2v) is 5.39. The molecule has 0 aliphatic carbocycles. The number of benzene rings is 2. The summed E-state index contributed by atoms with van der Waals surface area (Å²) >= 11 is 0. The van der Waals surface area contributed by atoms with Gasteiger partial charge in [-0.05, 0) is 37.3 Å². The number of imide groups is 1. The van der Waals surface area contributed by atoms with E-state index in [9.17, 15) is 14.0 Å². The lowest BCUT2D eigenvalue weighted by molar-refractivity contribution is 0.0926. The van der Waals surface area contributed by atoms with Gasteiger partial charge in [0.2, 0.25) is 0 Å². The van der Waals surface area contributed by atoms with Crippen LogP contribution in [0.5, 0.6) is 0 Å². The van der Waals surface area contributed by atoms with E-state index in [4.69, 9.17) is 0 Å². The first-order valence-electron chi connectivity index (χ1n) is 7.11. The molecule has 0 radical (unpaired) electrons. The summed E-state index contributed by atoms with van der Waals surface area (Å²) in [5.41, 5.74) is 2.22. The molecule has 2 aromatic carbocycles. The fourth-order valence-corrected chi connectivity index (χ4v) is 2.96. The number of hydrogen-bond donors (Lipinski definition) is 0. The lowest BCUT2D eigenvalue weighted by Gasteiger charge is -2.13. The lowest BCUT2D eigenvalue weighted by atomic mass is 10.0. The second-order valence-electron chi connectivity index (χ2n) is 5.39. The van der Waals surface area contributed by atoms with Crippen LogP contribution in [0.2, 0.25) is 0 Å². The van der Waals surface area contributed by atoms with Gasteiger partial charge in [-0.2, -0.15) is 0 Å². The summed E-state index contributed by atoms with van der Waals surface area (Å²) in [5.74, 6) is -1.25. The molecule has 5 heteroatoms. The molecule has 23 heavy (non-hydrogen) atoms. The number of hydrogen-bond acceptors (Lipinski definition) is 3. The summed E-state index contributed by atoms with van der Waals surface area (Å²) < 4.78 is 13.1. The Balaban J connectivity index is 1.97. The number of fused-ring (bicyclic) bond motifs is 3. The van der Waals surface area contributed by atoms with E-state index in [1.54, 1.807) is 25.1 Å². The smallest absolute Gasteiger partial charge is 0.268 e. The molecule has 4 rings (SSSR count). The highest BCUT2D eigenvalue weighted by Gasteiger charge is 2.39. The normalized spacial score (nSPS) is 13.7. The summed E-state index contributed by atoms with van der Waals surface area (Å²) in [4.78, 5) is 31.1.